The number of nitrogens with one attached hydrogen (secondary N) is 1. The van der Waals surface area contributed by atoms with Gasteiger partial charge in [-0.25, -0.2) is 4.79 Å². The van der Waals surface area contributed by atoms with Gasteiger partial charge in [-0.3, -0.25) is 4.79 Å². The fourth-order valence-electron chi connectivity index (χ4n) is 2.92. The number of hydrogen-bond acceptors (Lipinski definition) is 3. The van der Waals surface area contributed by atoms with Crippen molar-refractivity contribution in [3.63, 3.8) is 0 Å². The number of carbonyl (C=O) groups is 2. The monoisotopic (exact) mass is 319 g/mol. The van der Waals surface area contributed by atoms with Crippen molar-refractivity contribution in [2.75, 3.05) is 20.2 Å². The Morgan fingerprint density at radius 1 is 1.35 bits per heavy atom. The van der Waals surface area contributed by atoms with Gasteiger partial charge in [0.1, 0.15) is 5.75 Å². The minimum atomic E-state index is -0.269. The van der Waals surface area contributed by atoms with Gasteiger partial charge in [-0.1, -0.05) is 18.2 Å². The lowest BCUT2D eigenvalue weighted by molar-refractivity contribution is -0.123. The lowest BCUT2D eigenvalue weighted by atomic mass is 9.96. The average Bonchev–Trinajstić information content (AvgIpc) is 2.55. The first kappa shape index (κ1) is 17.1. The van der Waals surface area contributed by atoms with Crippen molar-refractivity contribution >= 4 is 11.9 Å². The van der Waals surface area contributed by atoms with E-state index >= 15 is 0 Å². The van der Waals surface area contributed by atoms with E-state index in [1.54, 1.807) is 12.0 Å². The first-order valence-electron chi connectivity index (χ1n) is 7.98. The summed E-state index contributed by atoms with van der Waals surface area (Å²) in [6, 6.07) is 7.70. The number of methoxy groups -OCH3 is 1. The molecule has 0 spiro atoms. The van der Waals surface area contributed by atoms with Crippen LogP contribution >= 0.6 is 0 Å². The van der Waals surface area contributed by atoms with Crippen LogP contribution in [0, 0.1) is 5.92 Å². The van der Waals surface area contributed by atoms with Gasteiger partial charge < -0.3 is 20.7 Å². The van der Waals surface area contributed by atoms with Crippen molar-refractivity contribution in [1.29, 1.82) is 0 Å². The molecule has 0 aliphatic carbocycles. The predicted octanol–water partition coefficient (Wildman–Crippen LogP) is 1.53. The van der Waals surface area contributed by atoms with E-state index in [2.05, 4.69) is 5.32 Å². The van der Waals surface area contributed by atoms with Gasteiger partial charge >= 0.3 is 6.03 Å². The molecule has 6 nitrogen and oxygen atoms in total. The van der Waals surface area contributed by atoms with Crippen LogP contribution in [0.4, 0.5) is 4.79 Å². The van der Waals surface area contributed by atoms with Crippen molar-refractivity contribution in [1.82, 2.24) is 10.2 Å². The summed E-state index contributed by atoms with van der Waals surface area (Å²) in [6.45, 7) is 3.11. The number of para-hydroxylation sites is 1. The number of amides is 3. The Morgan fingerprint density at radius 2 is 2.00 bits per heavy atom. The summed E-state index contributed by atoms with van der Waals surface area (Å²) < 4.78 is 5.33. The minimum absolute atomic E-state index is 0.00679. The first-order valence-corrected chi connectivity index (χ1v) is 7.98. The van der Waals surface area contributed by atoms with E-state index in [1.165, 1.54) is 0 Å². The summed E-state index contributed by atoms with van der Waals surface area (Å²) in [5.41, 5.74) is 6.38. The van der Waals surface area contributed by atoms with Crippen LogP contribution in [-0.4, -0.2) is 43.1 Å². The maximum absolute atomic E-state index is 12.3. The Morgan fingerprint density at radius 3 is 2.61 bits per heavy atom. The zero-order chi connectivity index (χ0) is 16.8. The molecule has 126 valence electrons. The fraction of sp³-hybridized carbons (Fsp3) is 0.529. The second-order valence-corrected chi connectivity index (χ2v) is 6.03. The smallest absolute Gasteiger partial charge is 0.317 e. The average molecular weight is 319 g/mol. The molecule has 2 rings (SSSR count). The number of carbonyl (C=O) groups excluding carboxylic acids is 2. The minimum Gasteiger partial charge on any atom is -0.496 e. The highest BCUT2D eigenvalue weighted by molar-refractivity contribution is 5.78. The Kier molecular flexibility index (Phi) is 5.84. The van der Waals surface area contributed by atoms with Crippen molar-refractivity contribution in [3.8, 4) is 5.75 Å². The van der Waals surface area contributed by atoms with Gasteiger partial charge in [-0.05, 0) is 37.8 Å². The van der Waals surface area contributed by atoms with Crippen molar-refractivity contribution in [2.24, 2.45) is 11.7 Å². The Hall–Kier alpha value is -2.24. The Labute approximate surface area is 137 Å². The third-order valence-electron chi connectivity index (χ3n) is 4.27. The second-order valence-electron chi connectivity index (χ2n) is 6.03. The van der Waals surface area contributed by atoms with Crippen LogP contribution in [-0.2, 0) is 11.2 Å². The van der Waals surface area contributed by atoms with E-state index in [1.807, 2.05) is 31.2 Å². The standard InChI is InChI=1S/C17H25N3O3/c1-12(11-14-5-3-4-6-15(14)23-2)19-17(22)20-9-7-13(8-10-20)16(18)21/h3-6,12-13H,7-11H2,1-2H3,(H2,18,21)(H,19,22)/t12-/m0/s1. The summed E-state index contributed by atoms with van der Waals surface area (Å²) in [4.78, 5) is 25.2. The summed E-state index contributed by atoms with van der Waals surface area (Å²) in [6.07, 6.45) is 1.99. The molecular formula is C17H25N3O3. The van der Waals surface area contributed by atoms with Crippen LogP contribution in [0.3, 0.4) is 0 Å². The van der Waals surface area contributed by atoms with E-state index in [4.69, 9.17) is 10.5 Å². The lowest BCUT2D eigenvalue weighted by Crippen LogP contribution is -2.48. The highest BCUT2D eigenvalue weighted by atomic mass is 16.5. The number of urea groups is 1. The molecule has 3 N–H and O–H groups in total. The van der Waals surface area contributed by atoms with Gasteiger partial charge in [0.25, 0.3) is 0 Å². The van der Waals surface area contributed by atoms with Gasteiger partial charge in [-0.15, -0.1) is 0 Å². The third-order valence-corrected chi connectivity index (χ3v) is 4.27. The van der Waals surface area contributed by atoms with E-state index in [0.29, 0.717) is 32.4 Å². The summed E-state index contributed by atoms with van der Waals surface area (Å²) >= 11 is 0. The number of nitrogens with two attached hydrogens (primary N) is 1. The molecule has 23 heavy (non-hydrogen) atoms. The molecule has 3 amide bonds. The van der Waals surface area contributed by atoms with Crippen molar-refractivity contribution in [2.45, 2.75) is 32.2 Å². The molecule has 0 unspecified atom stereocenters. The maximum Gasteiger partial charge on any atom is 0.317 e. The molecule has 1 aromatic rings. The molecule has 0 radical (unpaired) electrons. The molecule has 1 aliphatic rings. The molecule has 0 aromatic heterocycles. The van der Waals surface area contributed by atoms with Crippen LogP contribution < -0.4 is 15.8 Å². The number of benzene rings is 1. The predicted molar refractivity (Wildman–Crippen MR) is 88.2 cm³/mol. The number of piperidine rings is 1. The number of primary amides is 1. The topological polar surface area (TPSA) is 84.7 Å². The quantitative estimate of drug-likeness (QED) is 0.863. The molecule has 0 saturated carbocycles. The maximum atomic E-state index is 12.3. The molecule has 1 aromatic carbocycles. The van der Waals surface area contributed by atoms with E-state index in [9.17, 15) is 9.59 Å². The van der Waals surface area contributed by atoms with Gasteiger partial charge in [0.15, 0.2) is 0 Å². The second kappa shape index (κ2) is 7.85. The van der Waals surface area contributed by atoms with Crippen molar-refractivity contribution < 1.29 is 14.3 Å². The van der Waals surface area contributed by atoms with Crippen LogP contribution in [0.25, 0.3) is 0 Å². The van der Waals surface area contributed by atoms with E-state index in [-0.39, 0.29) is 23.9 Å². The third kappa shape index (κ3) is 4.61. The largest absolute Gasteiger partial charge is 0.496 e. The first-order chi connectivity index (χ1) is 11.0. The number of nitrogens with zero attached hydrogens (tertiary/aromatic N) is 1. The summed E-state index contributed by atoms with van der Waals surface area (Å²) in [5.74, 6) is 0.454. The highest BCUT2D eigenvalue weighted by Crippen LogP contribution is 2.19. The van der Waals surface area contributed by atoms with Gasteiger partial charge in [-0.2, -0.15) is 0 Å². The van der Waals surface area contributed by atoms with Crippen molar-refractivity contribution in [3.05, 3.63) is 29.8 Å². The molecular weight excluding hydrogens is 294 g/mol. The van der Waals surface area contributed by atoms with Gasteiger partial charge in [0.05, 0.1) is 7.11 Å². The van der Waals surface area contributed by atoms with Crippen LogP contribution in [0.15, 0.2) is 24.3 Å². The lowest BCUT2D eigenvalue weighted by Gasteiger charge is -2.31. The molecule has 1 saturated heterocycles. The summed E-state index contributed by atoms with van der Waals surface area (Å²) in [5, 5.41) is 3.01. The summed E-state index contributed by atoms with van der Waals surface area (Å²) in [7, 11) is 1.64. The molecule has 1 heterocycles. The number of likely N-dealkylation sites (tertiary alicyclic amines) is 1. The van der Waals surface area contributed by atoms with Crippen LogP contribution in [0.1, 0.15) is 25.3 Å². The number of rotatable bonds is 5. The zero-order valence-electron chi connectivity index (χ0n) is 13.7. The van der Waals surface area contributed by atoms with Gasteiger partial charge in [0, 0.05) is 25.0 Å². The normalized spacial score (nSPS) is 16.7. The van der Waals surface area contributed by atoms with Crippen LogP contribution in [0.2, 0.25) is 0 Å². The molecule has 0 bridgehead atoms. The molecule has 6 heteroatoms. The zero-order valence-corrected chi connectivity index (χ0v) is 13.7. The Bertz CT molecular complexity index is 554. The molecule has 1 atom stereocenters. The Balaban J connectivity index is 1.84. The number of ether oxygens (including phenoxy) is 1. The highest BCUT2D eigenvalue weighted by Gasteiger charge is 2.26. The number of hydrogen-bond donors (Lipinski definition) is 2. The van der Waals surface area contributed by atoms with Gasteiger partial charge in [0.2, 0.25) is 5.91 Å². The van der Waals surface area contributed by atoms with Crippen LogP contribution in [0.5, 0.6) is 5.75 Å². The molecule has 1 aliphatic heterocycles. The van der Waals surface area contributed by atoms with E-state index in [0.717, 1.165) is 11.3 Å². The SMILES string of the molecule is COc1ccccc1C[C@H](C)NC(=O)N1CCC(C(N)=O)CC1. The van der Waals surface area contributed by atoms with E-state index < -0.39 is 0 Å². The fourth-order valence-corrected chi connectivity index (χ4v) is 2.92. The molecule has 1 fully saturated rings.